The Hall–Kier alpha value is -1.89. The Morgan fingerprint density at radius 3 is 0.811 bits per heavy atom. The molecule has 4 aromatic carbocycles. The van der Waals surface area contributed by atoms with E-state index in [1.54, 1.807) is 0 Å². The molecule has 0 amide bonds. The Balaban J connectivity index is 0.000000225. The predicted molar refractivity (Wildman–Crippen MR) is 173 cm³/mol. The largest absolute Gasteiger partial charge is 0.154 e. The molecule has 4 aromatic rings. The summed E-state index contributed by atoms with van der Waals surface area (Å²) in [5, 5.41) is 5.82. The van der Waals surface area contributed by atoms with Crippen LogP contribution in [0.3, 0.4) is 0 Å². The van der Waals surface area contributed by atoms with E-state index >= 15 is 0 Å². The molecule has 0 aromatic heterocycles. The predicted octanol–water partition coefficient (Wildman–Crippen LogP) is 6.98. The van der Waals surface area contributed by atoms with E-state index in [4.69, 9.17) is 0 Å². The molecule has 0 bridgehead atoms. The van der Waals surface area contributed by atoms with Gasteiger partial charge in [-0.1, -0.05) is 155 Å². The van der Waals surface area contributed by atoms with E-state index in [2.05, 4.69) is 176 Å². The van der Waals surface area contributed by atoms with Crippen molar-refractivity contribution >= 4 is 59.5 Å². The van der Waals surface area contributed by atoms with Crippen LogP contribution in [0, 0.1) is 0 Å². The first kappa shape index (κ1) is 31.3. The van der Waals surface area contributed by atoms with Gasteiger partial charge in [0, 0.05) is 0 Å². The maximum absolute atomic E-state index is 2.37. The summed E-state index contributed by atoms with van der Waals surface area (Å²) in [6.07, 6.45) is 0. The smallest absolute Gasteiger partial charge is 0.0671 e. The van der Waals surface area contributed by atoms with Crippen LogP contribution < -0.4 is 20.7 Å². The number of rotatable bonds is 4. The molecule has 0 fully saturated rings. The van der Waals surface area contributed by atoms with Gasteiger partial charge < -0.3 is 0 Å². The first-order valence-electron chi connectivity index (χ1n) is 13.1. The first-order chi connectivity index (χ1) is 17.5. The third kappa shape index (κ3) is 13.0. The molecule has 4 rings (SSSR count). The Morgan fingerprint density at radius 1 is 0.405 bits per heavy atom. The average Bonchev–Trinajstić information content (AvgIpc) is 2.85. The van der Waals surface area contributed by atoms with Crippen molar-refractivity contribution in [2.24, 2.45) is 0 Å². The van der Waals surface area contributed by atoms with Gasteiger partial charge in [0.2, 0.25) is 0 Å². The van der Waals surface area contributed by atoms with Gasteiger partial charge in [-0.15, -0.1) is 0 Å². The van der Waals surface area contributed by atoms with Crippen LogP contribution in [0.4, 0.5) is 0 Å². The van der Waals surface area contributed by atoms with E-state index in [1.165, 1.54) is 20.7 Å². The van der Waals surface area contributed by atoms with E-state index in [0.29, 0.717) is 6.86 Å². The molecule has 0 nitrogen and oxygen atoms in total. The van der Waals surface area contributed by atoms with Crippen LogP contribution in [0.15, 0.2) is 121 Å². The molecule has 37 heavy (non-hydrogen) atoms. The van der Waals surface area contributed by atoms with E-state index in [1.807, 2.05) is 0 Å². The third-order valence-electron chi connectivity index (χ3n) is 5.29. The van der Waals surface area contributed by atoms with Crippen molar-refractivity contribution in [3.63, 3.8) is 0 Å². The molecule has 0 unspecified atom stereocenters. The Labute approximate surface area is 241 Å². The van der Waals surface area contributed by atoms with E-state index < -0.39 is 8.80 Å². The van der Waals surface area contributed by atoms with Crippen molar-refractivity contribution in [3.8, 4) is 0 Å². The number of hydrogen-bond donors (Lipinski definition) is 0. The van der Waals surface area contributed by atoms with E-state index in [-0.39, 0.29) is 29.9 Å². The van der Waals surface area contributed by atoms with Crippen molar-refractivity contribution in [1.29, 1.82) is 0 Å². The second kappa shape index (κ2) is 15.5. The fourth-order valence-electron chi connectivity index (χ4n) is 4.21. The molecular weight excluding hydrogens is 583 g/mol. The van der Waals surface area contributed by atoms with Gasteiger partial charge in [-0.25, -0.2) is 0 Å². The van der Waals surface area contributed by atoms with Crippen LogP contribution in [0.25, 0.3) is 0 Å². The molecule has 192 valence electrons. The van der Waals surface area contributed by atoms with Crippen molar-refractivity contribution in [3.05, 3.63) is 121 Å². The fraction of sp³-hybridized carbons (Fsp3) is 0.294. The molecule has 0 heterocycles. The minimum atomic E-state index is -0.877. The molecule has 0 atom stereocenters. The molecule has 0 aliphatic carbocycles. The summed E-state index contributed by atoms with van der Waals surface area (Å²) in [5.41, 5.74) is 0. The fourth-order valence-corrected chi connectivity index (χ4v) is 14.1. The second-order valence-electron chi connectivity index (χ2n) is 11.5. The van der Waals surface area contributed by atoms with Gasteiger partial charge in [0.15, 0.2) is 8.80 Å². The standard InChI is InChI=1S/C18H15Si.C8H11Si.2C4H9.Sn/c1-4-10-16(11-5-1)19(17-12-6-2-7-13-17)18-14-8-3-9-15-18;1-9(2)8-6-4-3-5-7-8;2*1-4(2)3;/h1-15H;3-7H,1-2H3;2*1-3H3;. The van der Waals surface area contributed by atoms with E-state index in [9.17, 15) is 0 Å². The first-order valence-corrected chi connectivity index (χ1v) is 20.0. The molecule has 0 saturated heterocycles. The second-order valence-corrected chi connectivity index (χ2v) is 25.8. The zero-order chi connectivity index (χ0) is 27.3. The van der Waals surface area contributed by atoms with Crippen LogP contribution >= 0.6 is 0 Å². The van der Waals surface area contributed by atoms with Crippen molar-refractivity contribution in [1.82, 2.24) is 0 Å². The summed E-state index contributed by atoms with van der Waals surface area (Å²) < 4.78 is 1.31. The van der Waals surface area contributed by atoms with Crippen LogP contribution in [-0.2, 0) is 0 Å². The van der Waals surface area contributed by atoms with Gasteiger partial charge >= 0.3 is 69.5 Å². The van der Waals surface area contributed by atoms with Crippen LogP contribution in [0.5, 0.6) is 0 Å². The SMILES string of the molecule is C[C](C)(C)[Sn][C](C)(C)C.C[Si](C)c1ccccc1.c1ccc([Si](c2ccccc2)c2ccccc2)cc1. The van der Waals surface area contributed by atoms with Gasteiger partial charge in [-0.05, 0) is 0 Å². The number of hydrogen-bond acceptors (Lipinski definition) is 0. The quantitative estimate of drug-likeness (QED) is 0.169. The number of benzene rings is 4. The van der Waals surface area contributed by atoms with Gasteiger partial charge in [-0.2, -0.15) is 0 Å². The normalized spacial score (nSPS) is 11.3. The summed E-state index contributed by atoms with van der Waals surface area (Å²) in [5.74, 6) is 0. The molecule has 3 heteroatoms. The topological polar surface area (TPSA) is 0 Å². The third-order valence-corrected chi connectivity index (χ3v) is 13.8. The van der Waals surface area contributed by atoms with Gasteiger partial charge in [-0.3, -0.25) is 0 Å². The van der Waals surface area contributed by atoms with Crippen LogP contribution in [0.2, 0.25) is 20.0 Å². The maximum atomic E-state index is 2.37. The van der Waals surface area contributed by atoms with Gasteiger partial charge in [0.25, 0.3) is 0 Å². The summed E-state index contributed by atoms with van der Waals surface area (Å²) in [6.45, 7) is 18.8. The summed E-state index contributed by atoms with van der Waals surface area (Å²) in [6, 6.07) is 43.2. The Kier molecular flexibility index (Phi) is 13.1. The summed E-state index contributed by atoms with van der Waals surface area (Å²) in [7, 11) is -1.09. The molecule has 0 aliphatic heterocycles. The molecule has 4 radical (unpaired) electrons. The molecule has 0 N–H and O–H groups in total. The Bertz CT molecular complexity index is 1010. The van der Waals surface area contributed by atoms with Crippen molar-refractivity contribution in [2.75, 3.05) is 0 Å². The van der Waals surface area contributed by atoms with Crippen LogP contribution in [-0.4, -0.2) is 38.7 Å². The monoisotopic (exact) mass is 628 g/mol. The maximum Gasteiger partial charge on any atom is 0.154 e. The molecule has 0 saturated carbocycles. The van der Waals surface area contributed by atoms with E-state index in [0.717, 1.165) is 0 Å². The minimum Gasteiger partial charge on any atom is -0.0671 e. The van der Waals surface area contributed by atoms with Gasteiger partial charge in [0.1, 0.15) is 0 Å². The molecular formula is C34H44Si2Sn. The zero-order valence-electron chi connectivity index (χ0n) is 24.0. The van der Waals surface area contributed by atoms with Crippen molar-refractivity contribution < 1.29 is 0 Å². The zero-order valence-corrected chi connectivity index (χ0v) is 28.9. The van der Waals surface area contributed by atoms with Gasteiger partial charge in [0.05, 0.1) is 8.80 Å². The molecule has 0 aliphatic rings. The summed E-state index contributed by atoms with van der Waals surface area (Å²) >= 11 is -0.182. The average molecular weight is 628 g/mol. The molecule has 0 spiro atoms. The minimum absolute atomic E-state index is 0.182. The Morgan fingerprint density at radius 2 is 0.649 bits per heavy atom. The van der Waals surface area contributed by atoms with Crippen LogP contribution in [0.1, 0.15) is 41.5 Å². The van der Waals surface area contributed by atoms with Crippen molar-refractivity contribution in [2.45, 2.75) is 61.5 Å². The summed E-state index contributed by atoms with van der Waals surface area (Å²) in [4.78, 5) is 0.